The second kappa shape index (κ2) is 12.7. The first-order valence-electron chi connectivity index (χ1n) is 12.7. The lowest BCUT2D eigenvalue weighted by Gasteiger charge is -2.36. The molecular weight excluding hydrogens is 503 g/mol. The van der Waals surface area contributed by atoms with Crippen molar-refractivity contribution in [2.45, 2.75) is 42.1 Å². The summed E-state index contributed by atoms with van der Waals surface area (Å²) in [6.07, 6.45) is 5.04. The standard InChI is InChI=1S/C26H34F3N5O2S/c1-36-24-11-8-22(18-30-24)33-16-14-32(15-17-33)12-3-5-25(35)34-13-2-4-21(19-34)31-20-6-9-23(10-7-20)37-26(27,28)29/h6-11,18,21,31H,2-5,12-17,19H2,1H3/t21-/m0/s1. The molecule has 2 aliphatic heterocycles. The fraction of sp³-hybridized carbons (Fsp3) is 0.538. The van der Waals surface area contributed by atoms with Gasteiger partial charge in [0.1, 0.15) is 0 Å². The molecule has 0 bridgehead atoms. The summed E-state index contributed by atoms with van der Waals surface area (Å²) in [6, 6.07) is 10.3. The maximum atomic E-state index is 12.8. The van der Waals surface area contributed by atoms with Crippen LogP contribution in [0.2, 0.25) is 0 Å². The molecule has 2 saturated heterocycles. The Kier molecular flexibility index (Phi) is 9.42. The minimum absolute atomic E-state index is 0.0966. The number of carbonyl (C=O) groups excluding carboxylic acids is 1. The zero-order valence-corrected chi connectivity index (χ0v) is 21.9. The van der Waals surface area contributed by atoms with Crippen molar-refractivity contribution in [1.82, 2.24) is 14.8 Å². The fourth-order valence-electron chi connectivity index (χ4n) is 4.83. The lowest BCUT2D eigenvalue weighted by atomic mass is 10.0. The number of aromatic nitrogens is 1. The number of anilines is 2. The number of alkyl halides is 3. The number of carbonyl (C=O) groups is 1. The van der Waals surface area contributed by atoms with Crippen LogP contribution in [0.3, 0.4) is 0 Å². The molecule has 1 atom stereocenters. The van der Waals surface area contributed by atoms with E-state index in [-0.39, 0.29) is 28.6 Å². The number of thioether (sulfide) groups is 1. The molecule has 1 aromatic carbocycles. The SMILES string of the molecule is COc1ccc(N2CCN(CCCC(=O)N3CCC[C@H](Nc4ccc(SC(F)(F)F)cc4)C3)CC2)cn1. The van der Waals surface area contributed by atoms with Crippen LogP contribution in [0.25, 0.3) is 0 Å². The summed E-state index contributed by atoms with van der Waals surface area (Å²) in [4.78, 5) is 23.9. The molecule has 2 aliphatic rings. The minimum Gasteiger partial charge on any atom is -0.481 e. The lowest BCUT2D eigenvalue weighted by Crippen LogP contribution is -2.47. The largest absolute Gasteiger partial charge is 0.481 e. The topological polar surface area (TPSA) is 60.9 Å². The number of amides is 1. The van der Waals surface area contributed by atoms with Crippen molar-refractivity contribution in [2.75, 3.05) is 63.1 Å². The number of rotatable bonds is 9. The smallest absolute Gasteiger partial charge is 0.446 e. The molecule has 2 aromatic rings. The summed E-state index contributed by atoms with van der Waals surface area (Å²) in [6.45, 7) is 6.04. The molecule has 202 valence electrons. The molecule has 1 N–H and O–H groups in total. The molecule has 1 amide bonds. The number of methoxy groups -OCH3 is 1. The van der Waals surface area contributed by atoms with E-state index in [4.69, 9.17) is 4.74 Å². The first-order chi connectivity index (χ1) is 17.8. The van der Waals surface area contributed by atoms with Crippen molar-refractivity contribution in [3.05, 3.63) is 42.6 Å². The molecule has 0 aliphatic carbocycles. The van der Waals surface area contributed by atoms with E-state index in [1.165, 1.54) is 12.1 Å². The Hall–Kier alpha value is -2.66. The van der Waals surface area contributed by atoms with Crippen molar-refractivity contribution >= 4 is 29.0 Å². The molecule has 11 heteroatoms. The molecule has 0 spiro atoms. The Morgan fingerprint density at radius 3 is 2.51 bits per heavy atom. The van der Waals surface area contributed by atoms with Crippen molar-refractivity contribution in [3.8, 4) is 5.88 Å². The van der Waals surface area contributed by atoms with Crippen LogP contribution in [-0.2, 0) is 4.79 Å². The van der Waals surface area contributed by atoms with Crippen molar-refractivity contribution < 1.29 is 22.7 Å². The van der Waals surface area contributed by atoms with Gasteiger partial charge in [-0.05, 0) is 67.9 Å². The zero-order chi connectivity index (χ0) is 26.3. The van der Waals surface area contributed by atoms with Gasteiger partial charge in [0, 0.05) is 68.4 Å². The van der Waals surface area contributed by atoms with Gasteiger partial charge in [-0.3, -0.25) is 9.69 Å². The molecule has 0 radical (unpaired) electrons. The monoisotopic (exact) mass is 537 g/mol. The first-order valence-corrected chi connectivity index (χ1v) is 13.5. The summed E-state index contributed by atoms with van der Waals surface area (Å²) >= 11 is -0.115. The molecule has 37 heavy (non-hydrogen) atoms. The van der Waals surface area contributed by atoms with Crippen LogP contribution in [0.1, 0.15) is 25.7 Å². The summed E-state index contributed by atoms with van der Waals surface area (Å²) in [7, 11) is 1.61. The molecule has 0 saturated carbocycles. The average molecular weight is 538 g/mol. The molecule has 4 rings (SSSR count). The van der Waals surface area contributed by atoms with Gasteiger partial charge in [0.2, 0.25) is 11.8 Å². The van der Waals surface area contributed by atoms with Crippen LogP contribution < -0.4 is 15.0 Å². The first kappa shape index (κ1) is 27.4. The van der Waals surface area contributed by atoms with Crippen molar-refractivity contribution in [2.24, 2.45) is 0 Å². The van der Waals surface area contributed by atoms with Gasteiger partial charge in [0.15, 0.2) is 0 Å². The summed E-state index contributed by atoms with van der Waals surface area (Å²) in [5.41, 5.74) is -2.42. The van der Waals surface area contributed by atoms with E-state index in [1.807, 2.05) is 23.2 Å². The highest BCUT2D eigenvalue weighted by Gasteiger charge is 2.29. The van der Waals surface area contributed by atoms with E-state index in [9.17, 15) is 18.0 Å². The number of piperidine rings is 1. The second-order valence-corrected chi connectivity index (χ2v) is 10.5. The highest BCUT2D eigenvalue weighted by Crippen LogP contribution is 2.37. The normalized spacial score (nSPS) is 19.1. The summed E-state index contributed by atoms with van der Waals surface area (Å²) in [5, 5.41) is 3.38. The minimum atomic E-state index is -4.29. The lowest BCUT2D eigenvalue weighted by molar-refractivity contribution is -0.132. The van der Waals surface area contributed by atoms with E-state index in [0.29, 0.717) is 18.8 Å². The van der Waals surface area contributed by atoms with Crippen LogP contribution in [0, 0.1) is 0 Å². The molecular formula is C26H34F3N5O2S. The van der Waals surface area contributed by atoms with Gasteiger partial charge < -0.3 is 19.9 Å². The molecule has 0 unspecified atom stereocenters. The molecule has 2 fully saturated rings. The Morgan fingerprint density at radius 1 is 1.11 bits per heavy atom. The number of hydrogen-bond acceptors (Lipinski definition) is 7. The van der Waals surface area contributed by atoms with E-state index in [2.05, 4.69) is 20.1 Å². The van der Waals surface area contributed by atoms with Crippen LogP contribution in [0.5, 0.6) is 5.88 Å². The van der Waals surface area contributed by atoms with Crippen LogP contribution in [-0.4, -0.2) is 85.2 Å². The van der Waals surface area contributed by atoms with Gasteiger partial charge in [-0.15, -0.1) is 0 Å². The third-order valence-corrected chi connectivity index (χ3v) is 7.50. The average Bonchev–Trinajstić information content (AvgIpc) is 2.89. The number of nitrogens with zero attached hydrogens (tertiary/aromatic N) is 4. The van der Waals surface area contributed by atoms with Crippen molar-refractivity contribution in [1.29, 1.82) is 0 Å². The van der Waals surface area contributed by atoms with E-state index < -0.39 is 5.51 Å². The summed E-state index contributed by atoms with van der Waals surface area (Å²) in [5.74, 6) is 0.784. The van der Waals surface area contributed by atoms with Crippen LogP contribution in [0.15, 0.2) is 47.5 Å². The van der Waals surface area contributed by atoms with Gasteiger partial charge in [-0.1, -0.05) is 0 Å². The zero-order valence-electron chi connectivity index (χ0n) is 21.0. The molecule has 3 heterocycles. The Bertz CT molecular complexity index is 999. The van der Waals surface area contributed by atoms with E-state index >= 15 is 0 Å². The third-order valence-electron chi connectivity index (χ3n) is 6.77. The Morgan fingerprint density at radius 2 is 1.86 bits per heavy atom. The third kappa shape index (κ3) is 8.43. The maximum absolute atomic E-state index is 12.8. The number of halogens is 3. The number of nitrogens with one attached hydrogen (secondary N) is 1. The predicted molar refractivity (Wildman–Crippen MR) is 140 cm³/mol. The molecule has 7 nitrogen and oxygen atoms in total. The number of piperazine rings is 1. The number of ether oxygens (including phenoxy) is 1. The number of benzene rings is 1. The van der Waals surface area contributed by atoms with Crippen LogP contribution >= 0.6 is 11.8 Å². The quantitative estimate of drug-likeness (QED) is 0.465. The number of likely N-dealkylation sites (tertiary alicyclic amines) is 1. The van der Waals surface area contributed by atoms with Gasteiger partial charge >= 0.3 is 5.51 Å². The predicted octanol–water partition coefficient (Wildman–Crippen LogP) is 4.71. The van der Waals surface area contributed by atoms with E-state index in [0.717, 1.165) is 69.9 Å². The summed E-state index contributed by atoms with van der Waals surface area (Å²) < 4.78 is 42.7. The Balaban J connectivity index is 1.15. The van der Waals surface area contributed by atoms with Gasteiger partial charge in [0.25, 0.3) is 0 Å². The maximum Gasteiger partial charge on any atom is 0.446 e. The highest BCUT2D eigenvalue weighted by molar-refractivity contribution is 8.00. The number of pyridine rings is 1. The van der Waals surface area contributed by atoms with Gasteiger partial charge in [-0.25, -0.2) is 4.98 Å². The number of hydrogen-bond donors (Lipinski definition) is 1. The van der Waals surface area contributed by atoms with Crippen LogP contribution in [0.4, 0.5) is 24.5 Å². The second-order valence-electron chi connectivity index (χ2n) is 9.39. The highest BCUT2D eigenvalue weighted by atomic mass is 32.2. The molecule has 1 aromatic heterocycles. The van der Waals surface area contributed by atoms with Gasteiger partial charge in [-0.2, -0.15) is 13.2 Å². The fourth-order valence-corrected chi connectivity index (χ4v) is 5.37. The van der Waals surface area contributed by atoms with E-state index in [1.54, 1.807) is 19.2 Å². The Labute approximate surface area is 220 Å². The van der Waals surface area contributed by atoms with Gasteiger partial charge in [0.05, 0.1) is 19.0 Å². The van der Waals surface area contributed by atoms with Crippen molar-refractivity contribution in [3.63, 3.8) is 0 Å².